The first-order valence-electron chi connectivity index (χ1n) is 9.96. The number of carbonyl (C=O) groups is 1. The number of thiophene rings is 1. The van der Waals surface area contributed by atoms with Crippen LogP contribution in [0.5, 0.6) is 0 Å². The molecule has 0 spiro atoms. The Labute approximate surface area is 171 Å². The van der Waals surface area contributed by atoms with E-state index in [2.05, 4.69) is 46.6 Å². The monoisotopic (exact) mass is 390 g/mol. The van der Waals surface area contributed by atoms with Crippen molar-refractivity contribution in [3.63, 3.8) is 0 Å². The Morgan fingerprint density at radius 3 is 2.61 bits per heavy atom. The molecule has 0 unspecified atom stereocenters. The van der Waals surface area contributed by atoms with Crippen LogP contribution in [0.2, 0.25) is 0 Å². The topological polar surface area (TPSA) is 32.3 Å². The van der Waals surface area contributed by atoms with Gasteiger partial charge in [0.25, 0.3) is 5.91 Å². The first-order valence-corrected chi connectivity index (χ1v) is 10.8. The van der Waals surface area contributed by atoms with E-state index in [0.29, 0.717) is 5.56 Å². The van der Waals surface area contributed by atoms with Gasteiger partial charge < -0.3 is 5.32 Å². The van der Waals surface area contributed by atoms with Gasteiger partial charge in [0.05, 0.1) is 6.04 Å². The number of rotatable bonds is 6. The Kier molecular flexibility index (Phi) is 5.89. The summed E-state index contributed by atoms with van der Waals surface area (Å²) in [5.74, 6) is -0.0393. The molecule has 2 heterocycles. The summed E-state index contributed by atoms with van der Waals surface area (Å²) in [6.45, 7) is 5.55. The third kappa shape index (κ3) is 4.51. The lowest BCUT2D eigenvalue weighted by atomic mass is 10.0. The van der Waals surface area contributed by atoms with Gasteiger partial charge in [-0.15, -0.1) is 11.3 Å². The molecule has 0 aliphatic carbocycles. The minimum absolute atomic E-state index is 0.0393. The lowest BCUT2D eigenvalue weighted by Gasteiger charge is -2.15. The third-order valence-corrected chi connectivity index (χ3v) is 6.41. The third-order valence-electron chi connectivity index (χ3n) is 5.29. The van der Waals surface area contributed by atoms with Gasteiger partial charge in [0.15, 0.2) is 0 Å². The Bertz CT molecular complexity index is 929. The van der Waals surface area contributed by atoms with E-state index >= 15 is 0 Å². The number of carbonyl (C=O) groups excluding carboxylic acids is 1. The molecule has 1 aromatic heterocycles. The molecule has 0 radical (unpaired) electrons. The highest BCUT2D eigenvalue weighted by molar-refractivity contribution is 7.15. The lowest BCUT2D eigenvalue weighted by molar-refractivity contribution is 0.0940. The van der Waals surface area contributed by atoms with Gasteiger partial charge in [-0.2, -0.15) is 0 Å². The van der Waals surface area contributed by atoms with Crippen molar-refractivity contribution in [2.24, 2.45) is 0 Å². The first kappa shape index (κ1) is 18.9. The maximum absolute atomic E-state index is 12.4. The van der Waals surface area contributed by atoms with Gasteiger partial charge in [-0.3, -0.25) is 9.69 Å². The maximum Gasteiger partial charge on any atom is 0.251 e. The zero-order chi connectivity index (χ0) is 19.3. The zero-order valence-corrected chi connectivity index (χ0v) is 17.0. The molecule has 144 valence electrons. The molecule has 0 bridgehead atoms. The minimum Gasteiger partial charge on any atom is -0.346 e. The van der Waals surface area contributed by atoms with Crippen molar-refractivity contribution in [2.75, 3.05) is 13.1 Å². The fourth-order valence-electron chi connectivity index (χ4n) is 3.69. The summed E-state index contributed by atoms with van der Waals surface area (Å²) in [7, 11) is 0. The second-order valence-electron chi connectivity index (χ2n) is 7.44. The molecule has 4 rings (SSSR count). The van der Waals surface area contributed by atoms with E-state index in [-0.39, 0.29) is 11.9 Å². The SMILES string of the molecule is C[C@@H](NC(=O)c1ccccc1)c1cccc(-c2ccc(CN3CCCC3)s2)c1. The highest BCUT2D eigenvalue weighted by Gasteiger charge is 2.15. The van der Waals surface area contributed by atoms with Crippen LogP contribution in [0.25, 0.3) is 10.4 Å². The van der Waals surface area contributed by atoms with Gasteiger partial charge in [-0.1, -0.05) is 36.4 Å². The van der Waals surface area contributed by atoms with E-state index in [1.807, 2.05) is 48.6 Å². The van der Waals surface area contributed by atoms with Crippen LogP contribution < -0.4 is 5.32 Å². The average molecular weight is 391 g/mol. The number of likely N-dealkylation sites (tertiary alicyclic amines) is 1. The smallest absolute Gasteiger partial charge is 0.251 e. The molecule has 0 saturated carbocycles. The predicted molar refractivity (Wildman–Crippen MR) is 117 cm³/mol. The highest BCUT2D eigenvalue weighted by atomic mass is 32.1. The molecule has 1 aliphatic heterocycles. The van der Waals surface area contributed by atoms with E-state index in [4.69, 9.17) is 0 Å². The molecular formula is C24H26N2OS. The number of nitrogens with zero attached hydrogens (tertiary/aromatic N) is 1. The van der Waals surface area contributed by atoms with Gasteiger partial charge >= 0.3 is 0 Å². The molecule has 1 fully saturated rings. The summed E-state index contributed by atoms with van der Waals surface area (Å²) in [5.41, 5.74) is 3.03. The van der Waals surface area contributed by atoms with Crippen molar-refractivity contribution < 1.29 is 4.79 Å². The lowest BCUT2D eigenvalue weighted by Crippen LogP contribution is -2.26. The molecule has 3 aromatic rings. The summed E-state index contributed by atoms with van der Waals surface area (Å²) < 4.78 is 0. The van der Waals surface area contributed by atoms with Crippen LogP contribution in [0.1, 0.15) is 46.6 Å². The Morgan fingerprint density at radius 2 is 1.82 bits per heavy atom. The number of hydrogen-bond donors (Lipinski definition) is 1. The summed E-state index contributed by atoms with van der Waals surface area (Å²) in [6.07, 6.45) is 2.65. The Balaban J connectivity index is 1.45. The van der Waals surface area contributed by atoms with Gasteiger partial charge in [0, 0.05) is 21.9 Å². The standard InChI is InChI=1S/C24H26N2OS/c1-18(25-24(27)19-8-3-2-4-9-19)20-10-7-11-21(16-20)23-13-12-22(28-23)17-26-14-5-6-15-26/h2-4,7-13,16,18H,5-6,14-15,17H2,1H3,(H,25,27)/t18-/m1/s1. The van der Waals surface area contributed by atoms with Crippen molar-refractivity contribution in [3.05, 3.63) is 82.7 Å². The van der Waals surface area contributed by atoms with E-state index in [1.54, 1.807) is 0 Å². The summed E-state index contributed by atoms with van der Waals surface area (Å²) in [5, 5.41) is 3.10. The van der Waals surface area contributed by atoms with Crippen LogP contribution in [0.3, 0.4) is 0 Å². The van der Waals surface area contributed by atoms with Crippen LogP contribution in [0.4, 0.5) is 0 Å². The van der Waals surface area contributed by atoms with E-state index in [9.17, 15) is 4.79 Å². The van der Waals surface area contributed by atoms with Crippen LogP contribution in [-0.2, 0) is 6.54 Å². The van der Waals surface area contributed by atoms with Crippen LogP contribution in [0, 0.1) is 0 Å². The van der Waals surface area contributed by atoms with Crippen molar-refractivity contribution >= 4 is 17.2 Å². The van der Waals surface area contributed by atoms with E-state index < -0.39 is 0 Å². The fraction of sp³-hybridized carbons (Fsp3) is 0.292. The second kappa shape index (κ2) is 8.72. The van der Waals surface area contributed by atoms with Crippen LogP contribution in [-0.4, -0.2) is 23.9 Å². The molecule has 1 amide bonds. The van der Waals surface area contributed by atoms with Crippen molar-refractivity contribution in [1.82, 2.24) is 10.2 Å². The normalized spacial score (nSPS) is 15.5. The molecule has 28 heavy (non-hydrogen) atoms. The average Bonchev–Trinajstić information content (AvgIpc) is 3.41. The van der Waals surface area contributed by atoms with E-state index in [1.165, 1.54) is 41.2 Å². The van der Waals surface area contributed by atoms with Gasteiger partial charge in [0.1, 0.15) is 0 Å². The van der Waals surface area contributed by atoms with Crippen LogP contribution >= 0.6 is 11.3 Å². The van der Waals surface area contributed by atoms with Gasteiger partial charge in [0.2, 0.25) is 0 Å². The molecule has 1 saturated heterocycles. The second-order valence-corrected chi connectivity index (χ2v) is 8.60. The zero-order valence-electron chi connectivity index (χ0n) is 16.2. The number of benzene rings is 2. The Morgan fingerprint density at radius 1 is 1.04 bits per heavy atom. The fourth-order valence-corrected chi connectivity index (χ4v) is 4.74. The van der Waals surface area contributed by atoms with Gasteiger partial charge in [-0.25, -0.2) is 0 Å². The predicted octanol–water partition coefficient (Wildman–Crippen LogP) is 5.50. The summed E-state index contributed by atoms with van der Waals surface area (Å²) >= 11 is 1.88. The number of hydrogen-bond acceptors (Lipinski definition) is 3. The first-order chi connectivity index (χ1) is 13.7. The van der Waals surface area contributed by atoms with Crippen molar-refractivity contribution in [1.29, 1.82) is 0 Å². The molecule has 4 heteroatoms. The van der Waals surface area contributed by atoms with Crippen molar-refractivity contribution in [2.45, 2.75) is 32.4 Å². The molecule has 3 nitrogen and oxygen atoms in total. The Hall–Kier alpha value is -2.43. The maximum atomic E-state index is 12.4. The van der Waals surface area contributed by atoms with Crippen molar-refractivity contribution in [3.8, 4) is 10.4 Å². The molecule has 1 N–H and O–H groups in total. The minimum atomic E-state index is -0.0447. The summed E-state index contributed by atoms with van der Waals surface area (Å²) in [4.78, 5) is 17.7. The highest BCUT2D eigenvalue weighted by Crippen LogP contribution is 2.31. The van der Waals surface area contributed by atoms with Crippen LogP contribution in [0.15, 0.2) is 66.7 Å². The molecular weight excluding hydrogens is 364 g/mol. The number of amides is 1. The van der Waals surface area contributed by atoms with E-state index in [0.717, 1.165) is 12.1 Å². The molecule has 1 aliphatic rings. The molecule has 1 atom stereocenters. The van der Waals surface area contributed by atoms with Gasteiger partial charge in [-0.05, 0) is 74.3 Å². The summed E-state index contributed by atoms with van der Waals surface area (Å²) in [6, 6.07) is 22.3. The largest absolute Gasteiger partial charge is 0.346 e. The quantitative estimate of drug-likeness (QED) is 0.602. The molecule has 2 aromatic carbocycles. The number of nitrogens with one attached hydrogen (secondary N) is 1.